The molecule has 1 heterocycles. The molecule has 0 fully saturated rings. The first-order valence-corrected chi connectivity index (χ1v) is 5.40. The Morgan fingerprint density at radius 2 is 2.06 bits per heavy atom. The number of carbonyl (C=O) groups excluding carboxylic acids is 1. The average Bonchev–Trinajstić information content (AvgIpc) is 2.78. The molecule has 0 atom stereocenters. The van der Waals surface area contributed by atoms with Gasteiger partial charge in [0.15, 0.2) is 0 Å². The highest BCUT2D eigenvalue weighted by Gasteiger charge is 2.07. The van der Waals surface area contributed by atoms with Gasteiger partial charge in [-0.3, -0.25) is 4.79 Å². The fourth-order valence-corrected chi connectivity index (χ4v) is 1.43. The lowest BCUT2D eigenvalue weighted by molar-refractivity contribution is -0.114. The summed E-state index contributed by atoms with van der Waals surface area (Å²) in [7, 11) is 0. The Balaban J connectivity index is 2.30. The van der Waals surface area contributed by atoms with Gasteiger partial charge >= 0.3 is 0 Å². The summed E-state index contributed by atoms with van der Waals surface area (Å²) in [6.45, 7) is 0. The predicted octanol–water partition coefficient (Wildman–Crippen LogP) is 2.19. The van der Waals surface area contributed by atoms with E-state index in [1.165, 1.54) is 23.0 Å². The molecule has 4 nitrogen and oxygen atoms in total. The fraction of sp³-hybridized carbons (Fsp3) is 0.0909. The van der Waals surface area contributed by atoms with Crippen LogP contribution in [0, 0.1) is 5.82 Å². The van der Waals surface area contributed by atoms with Gasteiger partial charge in [0.25, 0.3) is 0 Å². The van der Waals surface area contributed by atoms with Gasteiger partial charge in [-0.1, -0.05) is 0 Å². The fourth-order valence-electron chi connectivity index (χ4n) is 1.36. The van der Waals surface area contributed by atoms with E-state index >= 15 is 0 Å². The molecule has 0 unspecified atom stereocenters. The van der Waals surface area contributed by atoms with Gasteiger partial charge in [-0.05, 0) is 24.3 Å². The van der Waals surface area contributed by atoms with Crippen LogP contribution in [0.25, 0.3) is 5.69 Å². The van der Waals surface area contributed by atoms with Gasteiger partial charge in [0, 0.05) is 6.07 Å². The van der Waals surface area contributed by atoms with E-state index in [1.807, 2.05) is 0 Å². The van der Waals surface area contributed by atoms with Crippen molar-refractivity contribution in [2.45, 2.75) is 0 Å². The van der Waals surface area contributed by atoms with Crippen LogP contribution in [-0.4, -0.2) is 21.6 Å². The Bertz CT molecular complexity index is 524. The number of halogens is 2. The highest BCUT2D eigenvalue weighted by Crippen LogP contribution is 2.15. The number of nitrogens with one attached hydrogen (secondary N) is 1. The molecule has 1 N–H and O–H groups in total. The normalized spacial score (nSPS) is 10.2. The van der Waals surface area contributed by atoms with E-state index in [9.17, 15) is 9.18 Å². The van der Waals surface area contributed by atoms with Crippen LogP contribution in [0.1, 0.15) is 0 Å². The van der Waals surface area contributed by atoms with Crippen LogP contribution < -0.4 is 5.32 Å². The molecule has 17 heavy (non-hydrogen) atoms. The van der Waals surface area contributed by atoms with Crippen molar-refractivity contribution in [1.82, 2.24) is 9.78 Å². The van der Waals surface area contributed by atoms with Gasteiger partial charge in [-0.15, -0.1) is 11.6 Å². The average molecular weight is 254 g/mol. The standard InChI is InChI=1S/C11H9ClFN3O/c12-7-11(17)15-10-5-6-14-16(10)9-3-1-8(13)2-4-9/h1-6H,7H2,(H,15,17). The molecule has 0 aliphatic rings. The Morgan fingerprint density at radius 1 is 1.35 bits per heavy atom. The van der Waals surface area contributed by atoms with Crippen LogP contribution in [0.4, 0.5) is 10.2 Å². The van der Waals surface area contributed by atoms with Gasteiger partial charge in [0.05, 0.1) is 11.9 Å². The summed E-state index contributed by atoms with van der Waals surface area (Å²) >= 11 is 5.40. The number of rotatable bonds is 3. The lowest BCUT2D eigenvalue weighted by Gasteiger charge is -2.07. The van der Waals surface area contributed by atoms with Crippen LogP contribution in [0.3, 0.4) is 0 Å². The zero-order valence-electron chi connectivity index (χ0n) is 8.73. The number of alkyl halides is 1. The SMILES string of the molecule is O=C(CCl)Nc1ccnn1-c1ccc(F)cc1. The van der Waals surface area contributed by atoms with Crippen LogP contribution in [-0.2, 0) is 4.79 Å². The molecule has 1 amide bonds. The van der Waals surface area contributed by atoms with E-state index in [2.05, 4.69) is 10.4 Å². The Labute approximate surface area is 102 Å². The second-order valence-electron chi connectivity index (χ2n) is 3.29. The number of anilines is 1. The molecule has 0 aliphatic heterocycles. The third kappa shape index (κ3) is 2.62. The molecule has 0 saturated carbocycles. The van der Waals surface area contributed by atoms with Crippen LogP contribution in [0.5, 0.6) is 0 Å². The summed E-state index contributed by atoms with van der Waals surface area (Å²) in [6, 6.07) is 7.42. The van der Waals surface area contributed by atoms with E-state index in [4.69, 9.17) is 11.6 Å². The first kappa shape index (κ1) is 11.6. The summed E-state index contributed by atoms with van der Waals surface area (Å²) in [5.41, 5.74) is 0.654. The monoisotopic (exact) mass is 253 g/mol. The van der Waals surface area contributed by atoms with Crippen molar-refractivity contribution in [3.8, 4) is 5.69 Å². The molecule has 0 bridgehead atoms. The summed E-state index contributed by atoms with van der Waals surface area (Å²) in [4.78, 5) is 11.2. The second kappa shape index (κ2) is 4.97. The highest BCUT2D eigenvalue weighted by molar-refractivity contribution is 6.29. The van der Waals surface area contributed by atoms with Gasteiger partial charge in [0.2, 0.25) is 5.91 Å². The Kier molecular flexibility index (Phi) is 3.39. The lowest BCUT2D eigenvalue weighted by Crippen LogP contribution is -2.15. The summed E-state index contributed by atoms with van der Waals surface area (Å²) in [6.07, 6.45) is 1.53. The Hall–Kier alpha value is -1.88. The van der Waals surface area contributed by atoms with Gasteiger partial charge in [-0.25, -0.2) is 9.07 Å². The molecule has 88 valence electrons. The molecule has 0 aliphatic carbocycles. The first-order valence-electron chi connectivity index (χ1n) is 4.86. The number of amides is 1. The Morgan fingerprint density at radius 3 is 2.71 bits per heavy atom. The minimum absolute atomic E-state index is 0.130. The molecule has 0 spiro atoms. The van der Waals surface area contributed by atoms with Crippen molar-refractivity contribution in [1.29, 1.82) is 0 Å². The van der Waals surface area contributed by atoms with Crippen molar-refractivity contribution in [3.05, 3.63) is 42.3 Å². The topological polar surface area (TPSA) is 46.9 Å². The maximum Gasteiger partial charge on any atom is 0.240 e. The molecule has 2 aromatic rings. The molecular weight excluding hydrogens is 245 g/mol. The minimum Gasteiger partial charge on any atom is -0.310 e. The number of hydrogen-bond donors (Lipinski definition) is 1. The van der Waals surface area contributed by atoms with Crippen molar-refractivity contribution >= 4 is 23.3 Å². The molecule has 1 aromatic carbocycles. The van der Waals surface area contributed by atoms with Crippen LogP contribution >= 0.6 is 11.6 Å². The molecular formula is C11H9ClFN3O. The van der Waals surface area contributed by atoms with Crippen molar-refractivity contribution < 1.29 is 9.18 Å². The summed E-state index contributed by atoms with van der Waals surface area (Å²) in [5, 5.41) is 6.63. The smallest absolute Gasteiger partial charge is 0.240 e. The summed E-state index contributed by atoms with van der Waals surface area (Å²) in [5.74, 6) is -0.292. The van der Waals surface area contributed by atoms with E-state index in [1.54, 1.807) is 18.2 Å². The quantitative estimate of drug-likeness (QED) is 0.853. The molecule has 0 saturated heterocycles. The number of carbonyl (C=O) groups is 1. The molecule has 2 rings (SSSR count). The van der Waals surface area contributed by atoms with Crippen molar-refractivity contribution in [2.24, 2.45) is 0 Å². The number of hydrogen-bond acceptors (Lipinski definition) is 2. The predicted molar refractivity (Wildman–Crippen MR) is 62.9 cm³/mol. The van der Waals surface area contributed by atoms with Crippen molar-refractivity contribution in [3.63, 3.8) is 0 Å². The minimum atomic E-state index is -0.327. The zero-order chi connectivity index (χ0) is 12.3. The number of nitrogens with zero attached hydrogens (tertiary/aromatic N) is 2. The van der Waals surface area contributed by atoms with Crippen molar-refractivity contribution in [2.75, 3.05) is 11.2 Å². The molecule has 0 radical (unpaired) electrons. The van der Waals surface area contributed by atoms with E-state index < -0.39 is 0 Å². The number of aromatic nitrogens is 2. The van der Waals surface area contributed by atoms with Gasteiger partial charge in [-0.2, -0.15) is 5.10 Å². The zero-order valence-corrected chi connectivity index (χ0v) is 9.49. The van der Waals surface area contributed by atoms with Gasteiger partial charge in [0.1, 0.15) is 17.5 Å². The highest BCUT2D eigenvalue weighted by atomic mass is 35.5. The first-order chi connectivity index (χ1) is 8.20. The largest absolute Gasteiger partial charge is 0.310 e. The third-order valence-electron chi connectivity index (χ3n) is 2.10. The number of benzene rings is 1. The third-order valence-corrected chi connectivity index (χ3v) is 2.35. The second-order valence-corrected chi connectivity index (χ2v) is 3.55. The van der Waals surface area contributed by atoms with Crippen LogP contribution in [0.2, 0.25) is 0 Å². The van der Waals surface area contributed by atoms with E-state index in [-0.39, 0.29) is 17.6 Å². The maximum atomic E-state index is 12.8. The van der Waals surface area contributed by atoms with Crippen LogP contribution in [0.15, 0.2) is 36.5 Å². The van der Waals surface area contributed by atoms with Gasteiger partial charge < -0.3 is 5.32 Å². The van der Waals surface area contributed by atoms with E-state index in [0.29, 0.717) is 11.5 Å². The van der Waals surface area contributed by atoms with E-state index in [0.717, 1.165) is 0 Å². The molecule has 1 aromatic heterocycles. The summed E-state index contributed by atoms with van der Waals surface area (Å²) < 4.78 is 14.3. The maximum absolute atomic E-state index is 12.8. The lowest BCUT2D eigenvalue weighted by atomic mass is 10.3. The molecule has 6 heteroatoms.